The van der Waals surface area contributed by atoms with Crippen LogP contribution in [0.5, 0.6) is 0 Å². The Bertz CT molecular complexity index is 658. The number of aromatic nitrogens is 2. The average Bonchev–Trinajstić information content (AvgIpc) is 3.14. The second-order valence-corrected chi connectivity index (χ2v) is 6.20. The van der Waals surface area contributed by atoms with E-state index in [-0.39, 0.29) is 12.0 Å². The second-order valence-electron chi connectivity index (χ2n) is 5.29. The van der Waals surface area contributed by atoms with Crippen LogP contribution in [0.4, 0.5) is 5.00 Å². The third-order valence-electron chi connectivity index (χ3n) is 3.84. The zero-order valence-corrected chi connectivity index (χ0v) is 13.5. The Morgan fingerprint density at radius 3 is 3.14 bits per heavy atom. The van der Waals surface area contributed by atoms with Crippen molar-refractivity contribution in [2.24, 2.45) is 0 Å². The predicted octanol–water partition coefficient (Wildman–Crippen LogP) is 2.26. The first-order valence-corrected chi connectivity index (χ1v) is 8.33. The number of thiophene rings is 1. The lowest BCUT2D eigenvalue weighted by Gasteiger charge is -2.22. The fraction of sp³-hybridized carbons (Fsp3) is 0.467. The van der Waals surface area contributed by atoms with E-state index in [1.807, 2.05) is 25.3 Å². The Morgan fingerprint density at radius 2 is 2.45 bits per heavy atom. The Hall–Kier alpha value is -1.70. The van der Waals surface area contributed by atoms with Gasteiger partial charge >= 0.3 is 0 Å². The van der Waals surface area contributed by atoms with Gasteiger partial charge in [0.25, 0.3) is 5.91 Å². The predicted molar refractivity (Wildman–Crippen MR) is 86.5 cm³/mol. The molecule has 118 valence electrons. The summed E-state index contributed by atoms with van der Waals surface area (Å²) in [6, 6.07) is 1.98. The van der Waals surface area contributed by atoms with Crippen LogP contribution in [0.2, 0.25) is 0 Å². The number of carbonyl (C=O) groups is 1. The maximum Gasteiger partial charge on any atom is 0.277 e. The van der Waals surface area contributed by atoms with Gasteiger partial charge in [-0.3, -0.25) is 9.89 Å². The summed E-state index contributed by atoms with van der Waals surface area (Å²) in [4.78, 5) is 12.3. The number of anilines is 1. The third kappa shape index (κ3) is 3.06. The monoisotopic (exact) mass is 320 g/mol. The number of rotatable bonds is 4. The lowest BCUT2D eigenvalue weighted by molar-refractivity contribution is 0.0280. The SMILES string of the molecule is CCc1[nH]nc(C(=O)Nc2cc(C3CNCCO3)cs2)c1C. The van der Waals surface area contributed by atoms with Crippen LogP contribution in [-0.4, -0.2) is 35.8 Å². The quantitative estimate of drug-likeness (QED) is 0.807. The van der Waals surface area contributed by atoms with E-state index in [2.05, 4.69) is 20.8 Å². The molecule has 1 saturated heterocycles. The summed E-state index contributed by atoms with van der Waals surface area (Å²) in [6.07, 6.45) is 0.899. The van der Waals surface area contributed by atoms with E-state index < -0.39 is 0 Å². The van der Waals surface area contributed by atoms with Crippen LogP contribution in [-0.2, 0) is 11.2 Å². The molecule has 2 aromatic rings. The van der Waals surface area contributed by atoms with Gasteiger partial charge in [-0.1, -0.05) is 6.92 Å². The molecule has 1 unspecified atom stereocenters. The van der Waals surface area contributed by atoms with Crippen LogP contribution in [0.15, 0.2) is 11.4 Å². The Kier molecular flexibility index (Phi) is 4.56. The minimum Gasteiger partial charge on any atom is -0.371 e. The summed E-state index contributed by atoms with van der Waals surface area (Å²) >= 11 is 1.51. The molecule has 3 N–H and O–H groups in total. The van der Waals surface area contributed by atoms with Crippen LogP contribution in [0, 0.1) is 6.92 Å². The molecule has 1 amide bonds. The molecule has 3 rings (SSSR count). The number of morpholine rings is 1. The lowest BCUT2D eigenvalue weighted by atomic mass is 10.1. The molecule has 0 radical (unpaired) electrons. The van der Waals surface area contributed by atoms with Crippen molar-refractivity contribution in [1.82, 2.24) is 15.5 Å². The Morgan fingerprint density at radius 1 is 1.59 bits per heavy atom. The molecule has 6 nitrogen and oxygen atoms in total. The molecule has 0 spiro atoms. The Balaban J connectivity index is 1.69. The van der Waals surface area contributed by atoms with Gasteiger partial charge in [-0.25, -0.2) is 0 Å². The minimum absolute atomic E-state index is 0.0643. The van der Waals surface area contributed by atoms with E-state index in [9.17, 15) is 4.79 Å². The number of nitrogens with zero attached hydrogens (tertiary/aromatic N) is 1. The summed E-state index contributed by atoms with van der Waals surface area (Å²) in [5, 5.41) is 16.1. The van der Waals surface area contributed by atoms with Crippen molar-refractivity contribution < 1.29 is 9.53 Å². The number of aryl methyl sites for hydroxylation is 1. The summed E-state index contributed by atoms with van der Waals surface area (Å²) < 4.78 is 5.72. The van der Waals surface area contributed by atoms with Gasteiger partial charge in [0.2, 0.25) is 0 Å². The molecule has 0 aromatic carbocycles. The van der Waals surface area contributed by atoms with Gasteiger partial charge in [0.1, 0.15) is 0 Å². The van der Waals surface area contributed by atoms with E-state index in [4.69, 9.17) is 4.74 Å². The van der Waals surface area contributed by atoms with Crippen molar-refractivity contribution in [3.63, 3.8) is 0 Å². The van der Waals surface area contributed by atoms with Gasteiger partial charge in [0, 0.05) is 24.3 Å². The molecule has 22 heavy (non-hydrogen) atoms. The summed E-state index contributed by atoms with van der Waals surface area (Å²) in [5.74, 6) is -0.176. The summed E-state index contributed by atoms with van der Waals surface area (Å²) in [5.41, 5.74) is 3.47. The minimum atomic E-state index is -0.176. The van der Waals surface area contributed by atoms with Gasteiger partial charge < -0.3 is 15.4 Å². The molecule has 1 aliphatic rings. The van der Waals surface area contributed by atoms with Gasteiger partial charge in [0.05, 0.1) is 17.7 Å². The normalized spacial score (nSPS) is 18.4. The van der Waals surface area contributed by atoms with Crippen molar-refractivity contribution in [2.45, 2.75) is 26.4 Å². The molecular weight excluding hydrogens is 300 g/mol. The van der Waals surface area contributed by atoms with E-state index >= 15 is 0 Å². The van der Waals surface area contributed by atoms with Crippen LogP contribution < -0.4 is 10.6 Å². The number of ether oxygens (including phenoxy) is 1. The fourth-order valence-electron chi connectivity index (χ4n) is 2.54. The molecular formula is C15H20N4O2S. The first-order valence-electron chi connectivity index (χ1n) is 7.45. The molecule has 3 heterocycles. The summed E-state index contributed by atoms with van der Waals surface area (Å²) in [6.45, 7) is 6.37. The standard InChI is InChI=1S/C15H20N4O2S/c1-3-11-9(2)14(19-18-11)15(20)17-13-6-10(8-22-13)12-7-16-4-5-21-12/h6,8,12,16H,3-5,7H2,1-2H3,(H,17,20)(H,18,19). The van der Waals surface area contributed by atoms with Crippen LogP contribution in [0.25, 0.3) is 0 Å². The van der Waals surface area contributed by atoms with Crippen LogP contribution >= 0.6 is 11.3 Å². The molecule has 1 atom stereocenters. The molecule has 1 aliphatic heterocycles. The lowest BCUT2D eigenvalue weighted by Crippen LogP contribution is -2.33. The zero-order valence-electron chi connectivity index (χ0n) is 12.7. The third-order valence-corrected chi connectivity index (χ3v) is 4.70. The van der Waals surface area contributed by atoms with Gasteiger partial charge in [-0.15, -0.1) is 11.3 Å². The van der Waals surface area contributed by atoms with Crippen LogP contribution in [0.3, 0.4) is 0 Å². The van der Waals surface area contributed by atoms with Gasteiger partial charge in [-0.05, 0) is 30.4 Å². The highest BCUT2D eigenvalue weighted by atomic mass is 32.1. The number of amides is 1. The van der Waals surface area contributed by atoms with Gasteiger partial charge in [0.15, 0.2) is 5.69 Å². The largest absolute Gasteiger partial charge is 0.371 e. The fourth-order valence-corrected chi connectivity index (χ4v) is 3.37. The molecule has 0 aliphatic carbocycles. The van der Waals surface area contributed by atoms with Crippen molar-refractivity contribution in [3.8, 4) is 0 Å². The second kappa shape index (κ2) is 6.60. The maximum absolute atomic E-state index is 12.3. The maximum atomic E-state index is 12.3. The van der Waals surface area contributed by atoms with Gasteiger partial charge in [-0.2, -0.15) is 5.10 Å². The molecule has 1 fully saturated rings. The van der Waals surface area contributed by atoms with Crippen molar-refractivity contribution >= 4 is 22.2 Å². The number of hydrogen-bond acceptors (Lipinski definition) is 5. The number of carbonyl (C=O) groups excluding carboxylic acids is 1. The number of aromatic amines is 1. The first kappa shape index (κ1) is 15.2. The Labute approximate surface area is 133 Å². The molecule has 0 saturated carbocycles. The van der Waals surface area contributed by atoms with Crippen LogP contribution in [0.1, 0.15) is 40.3 Å². The number of H-pyrrole nitrogens is 1. The van der Waals surface area contributed by atoms with E-state index in [0.29, 0.717) is 12.3 Å². The molecule has 7 heteroatoms. The highest BCUT2D eigenvalue weighted by Crippen LogP contribution is 2.28. The molecule has 2 aromatic heterocycles. The molecule has 0 bridgehead atoms. The number of nitrogens with one attached hydrogen (secondary N) is 3. The highest BCUT2D eigenvalue weighted by molar-refractivity contribution is 7.14. The van der Waals surface area contributed by atoms with E-state index in [1.54, 1.807) is 0 Å². The zero-order chi connectivity index (χ0) is 15.5. The topological polar surface area (TPSA) is 79.0 Å². The number of hydrogen-bond donors (Lipinski definition) is 3. The summed E-state index contributed by atoms with van der Waals surface area (Å²) in [7, 11) is 0. The first-order chi connectivity index (χ1) is 10.7. The van der Waals surface area contributed by atoms with Crippen molar-refractivity contribution in [3.05, 3.63) is 34.0 Å². The van der Waals surface area contributed by atoms with Crippen molar-refractivity contribution in [1.29, 1.82) is 0 Å². The van der Waals surface area contributed by atoms with E-state index in [1.165, 1.54) is 11.3 Å². The smallest absolute Gasteiger partial charge is 0.277 e. The van der Waals surface area contributed by atoms with Crippen molar-refractivity contribution in [2.75, 3.05) is 25.0 Å². The van der Waals surface area contributed by atoms with E-state index in [0.717, 1.165) is 41.3 Å². The average molecular weight is 320 g/mol. The highest BCUT2D eigenvalue weighted by Gasteiger charge is 2.19.